The number of rotatable bonds is 8. The molecule has 0 aliphatic carbocycles. The number of carbonyl (C=O) groups is 4. The fraction of sp³-hybridized carbons (Fsp3) is 0.231. The second-order valence-corrected chi connectivity index (χ2v) is 7.64. The third-order valence-electron chi connectivity index (χ3n) is 4.34. The zero-order valence-electron chi connectivity index (χ0n) is 19.6. The van der Waals surface area contributed by atoms with E-state index in [0.29, 0.717) is 17.5 Å². The maximum absolute atomic E-state index is 12.9. The van der Waals surface area contributed by atoms with Crippen molar-refractivity contribution >= 4 is 29.8 Å². The number of phenolic OH excluding ortho intramolecular Hbond substituents is 1. The van der Waals surface area contributed by atoms with Gasteiger partial charge in [0.2, 0.25) is 0 Å². The topological polar surface area (TPSA) is 116 Å². The lowest BCUT2D eigenvalue weighted by atomic mass is 10.0. The summed E-state index contributed by atoms with van der Waals surface area (Å²) in [7, 11) is 0. The Morgan fingerprint density at radius 2 is 1.44 bits per heavy atom. The maximum Gasteiger partial charge on any atom is 0.308 e. The quantitative estimate of drug-likeness (QED) is 0.198. The van der Waals surface area contributed by atoms with Crippen LogP contribution in [-0.2, 0) is 20.8 Å². The number of benzene rings is 2. The van der Waals surface area contributed by atoms with Crippen LogP contribution in [0, 0.1) is 0 Å². The third-order valence-corrected chi connectivity index (χ3v) is 4.34. The van der Waals surface area contributed by atoms with E-state index in [-0.39, 0.29) is 28.6 Å². The Morgan fingerprint density at radius 1 is 0.824 bits per heavy atom. The molecule has 0 unspecified atom stereocenters. The zero-order chi connectivity index (χ0) is 25.4. The fourth-order valence-electron chi connectivity index (χ4n) is 2.92. The normalized spacial score (nSPS) is 10.5. The van der Waals surface area contributed by atoms with E-state index < -0.39 is 23.7 Å². The second kappa shape index (κ2) is 11.6. The highest BCUT2D eigenvalue weighted by Crippen LogP contribution is 2.31. The number of ketones is 1. The first kappa shape index (κ1) is 26.1. The van der Waals surface area contributed by atoms with Crippen molar-refractivity contribution in [2.24, 2.45) is 0 Å². The van der Waals surface area contributed by atoms with Crippen LogP contribution in [0.25, 0.3) is 6.08 Å². The molecular weight excluding hydrogens is 440 g/mol. The molecule has 0 radical (unpaired) electrons. The minimum atomic E-state index is -0.594. The van der Waals surface area contributed by atoms with Crippen LogP contribution in [0.3, 0.4) is 0 Å². The van der Waals surface area contributed by atoms with Crippen LogP contribution < -0.4 is 14.2 Å². The van der Waals surface area contributed by atoms with E-state index in [4.69, 9.17) is 14.2 Å². The molecule has 2 aromatic rings. The smallest absolute Gasteiger partial charge is 0.308 e. The van der Waals surface area contributed by atoms with Gasteiger partial charge in [-0.3, -0.25) is 19.2 Å². The molecular formula is C26H26O8. The summed E-state index contributed by atoms with van der Waals surface area (Å²) in [5, 5.41) is 10.4. The molecule has 8 nitrogen and oxygen atoms in total. The number of carbonyl (C=O) groups excluding carboxylic acids is 4. The van der Waals surface area contributed by atoms with E-state index in [0.717, 1.165) is 5.57 Å². The summed E-state index contributed by atoms with van der Waals surface area (Å²) in [6.07, 6.45) is 4.91. The molecule has 34 heavy (non-hydrogen) atoms. The zero-order valence-corrected chi connectivity index (χ0v) is 19.6. The summed E-state index contributed by atoms with van der Waals surface area (Å²) in [6, 6.07) is 7.06. The molecule has 0 aliphatic rings. The summed E-state index contributed by atoms with van der Waals surface area (Å²) in [4.78, 5) is 46.9. The van der Waals surface area contributed by atoms with Gasteiger partial charge in [-0.05, 0) is 56.2 Å². The number of phenols is 1. The Labute approximate surface area is 197 Å². The average molecular weight is 466 g/mol. The molecule has 0 amide bonds. The number of allylic oxidation sites excluding steroid dienone is 3. The Morgan fingerprint density at radius 3 is 2.03 bits per heavy atom. The van der Waals surface area contributed by atoms with Gasteiger partial charge in [0.1, 0.15) is 23.0 Å². The van der Waals surface area contributed by atoms with Gasteiger partial charge in [0.05, 0.1) is 5.56 Å². The number of hydrogen-bond acceptors (Lipinski definition) is 8. The molecule has 2 rings (SSSR count). The van der Waals surface area contributed by atoms with Crippen molar-refractivity contribution in [2.75, 3.05) is 0 Å². The van der Waals surface area contributed by atoms with Crippen molar-refractivity contribution in [3.8, 4) is 23.0 Å². The molecule has 0 saturated carbocycles. The van der Waals surface area contributed by atoms with Crippen molar-refractivity contribution in [1.82, 2.24) is 0 Å². The minimum absolute atomic E-state index is 0.00915. The van der Waals surface area contributed by atoms with Crippen LogP contribution >= 0.6 is 0 Å². The van der Waals surface area contributed by atoms with Crippen LogP contribution in [0.15, 0.2) is 48.1 Å². The lowest BCUT2D eigenvalue weighted by Crippen LogP contribution is -2.06. The van der Waals surface area contributed by atoms with Crippen LogP contribution in [0.4, 0.5) is 0 Å². The van der Waals surface area contributed by atoms with Crippen LogP contribution in [0.5, 0.6) is 23.0 Å². The number of ether oxygens (including phenoxy) is 3. The molecule has 2 aromatic carbocycles. The lowest BCUT2D eigenvalue weighted by Gasteiger charge is -2.11. The van der Waals surface area contributed by atoms with E-state index in [1.165, 1.54) is 63.3 Å². The standard InChI is InChI=1S/C26H26O8/c1-15(2)6-7-20-12-22(24(31)14-26(20)34-18(5)29)23(30)11-9-19-8-10-21(32-16(3)27)13-25(19)33-17(4)28/h6,8-14,31H,7H2,1-5H3/b11-9+. The summed E-state index contributed by atoms with van der Waals surface area (Å²) in [5.41, 5.74) is 1.97. The molecule has 8 heteroatoms. The molecule has 0 fully saturated rings. The largest absolute Gasteiger partial charge is 0.507 e. The van der Waals surface area contributed by atoms with Crippen LogP contribution in [-0.4, -0.2) is 28.8 Å². The highest BCUT2D eigenvalue weighted by molar-refractivity contribution is 6.09. The van der Waals surface area contributed by atoms with E-state index in [2.05, 4.69) is 0 Å². The van der Waals surface area contributed by atoms with Gasteiger partial charge in [-0.15, -0.1) is 0 Å². The summed E-state index contributed by atoms with van der Waals surface area (Å²) < 4.78 is 15.3. The Kier molecular flexibility index (Phi) is 8.89. The summed E-state index contributed by atoms with van der Waals surface area (Å²) >= 11 is 0. The first-order chi connectivity index (χ1) is 16.0. The minimum Gasteiger partial charge on any atom is -0.507 e. The van der Waals surface area contributed by atoms with Gasteiger partial charge in [-0.25, -0.2) is 0 Å². The molecule has 1 N–H and O–H groups in total. The predicted molar refractivity (Wildman–Crippen MR) is 125 cm³/mol. The van der Waals surface area contributed by atoms with Gasteiger partial charge >= 0.3 is 17.9 Å². The number of esters is 3. The van der Waals surface area contributed by atoms with Crippen LogP contribution in [0.2, 0.25) is 0 Å². The van der Waals surface area contributed by atoms with Crippen molar-refractivity contribution in [2.45, 2.75) is 41.0 Å². The van der Waals surface area contributed by atoms with Gasteiger partial charge in [0.25, 0.3) is 0 Å². The molecule has 0 aliphatic heterocycles. The lowest BCUT2D eigenvalue weighted by molar-refractivity contribution is -0.133. The Balaban J connectivity index is 2.42. The third kappa shape index (κ3) is 7.74. The molecule has 0 heterocycles. The summed E-state index contributed by atoms with van der Waals surface area (Å²) in [5.74, 6) is -2.12. The second-order valence-electron chi connectivity index (χ2n) is 7.64. The molecule has 0 spiro atoms. The molecule has 178 valence electrons. The van der Waals surface area contributed by atoms with Gasteiger partial charge in [-0.2, -0.15) is 0 Å². The first-order valence-corrected chi connectivity index (χ1v) is 10.4. The van der Waals surface area contributed by atoms with Gasteiger partial charge in [0.15, 0.2) is 5.78 Å². The number of hydrogen-bond donors (Lipinski definition) is 1. The SMILES string of the molecule is CC(=O)Oc1ccc(/C=C/C(=O)c2cc(CC=C(C)C)c(OC(C)=O)cc2O)c(OC(C)=O)c1. The first-order valence-electron chi connectivity index (χ1n) is 10.4. The van der Waals surface area contributed by atoms with E-state index in [1.807, 2.05) is 19.9 Å². The molecule has 0 atom stereocenters. The highest BCUT2D eigenvalue weighted by Gasteiger charge is 2.16. The van der Waals surface area contributed by atoms with E-state index in [9.17, 15) is 24.3 Å². The average Bonchev–Trinajstić information content (AvgIpc) is 2.71. The van der Waals surface area contributed by atoms with E-state index >= 15 is 0 Å². The van der Waals surface area contributed by atoms with Gasteiger partial charge < -0.3 is 19.3 Å². The van der Waals surface area contributed by atoms with Gasteiger partial charge in [0, 0.05) is 38.5 Å². The highest BCUT2D eigenvalue weighted by atomic mass is 16.5. The van der Waals surface area contributed by atoms with Crippen LogP contribution in [0.1, 0.15) is 56.1 Å². The predicted octanol–water partition coefficient (Wildman–Crippen LogP) is 4.57. The van der Waals surface area contributed by atoms with Crippen molar-refractivity contribution in [3.63, 3.8) is 0 Å². The Hall–Kier alpha value is -4.20. The van der Waals surface area contributed by atoms with Gasteiger partial charge in [-0.1, -0.05) is 11.6 Å². The van der Waals surface area contributed by atoms with E-state index in [1.54, 1.807) is 0 Å². The maximum atomic E-state index is 12.9. The van der Waals surface area contributed by atoms with Crippen molar-refractivity contribution in [1.29, 1.82) is 0 Å². The summed E-state index contributed by atoms with van der Waals surface area (Å²) in [6.45, 7) is 7.52. The molecule has 0 aromatic heterocycles. The number of aromatic hydroxyl groups is 1. The monoisotopic (exact) mass is 466 g/mol. The van der Waals surface area contributed by atoms with Crippen molar-refractivity contribution < 1.29 is 38.5 Å². The Bertz CT molecular complexity index is 1180. The van der Waals surface area contributed by atoms with Crippen molar-refractivity contribution in [3.05, 3.63) is 64.7 Å². The molecule has 0 bridgehead atoms. The molecule has 0 saturated heterocycles. The fourth-order valence-corrected chi connectivity index (χ4v) is 2.92.